The van der Waals surface area contributed by atoms with E-state index in [1.165, 1.54) is 0 Å². The molecular formula is C9H14Cl2O3. The maximum atomic E-state index is 11.0. The maximum absolute atomic E-state index is 11.0. The minimum Gasteiger partial charge on any atom is -0.392 e. The Balaban J connectivity index is 3.65. The van der Waals surface area contributed by atoms with Gasteiger partial charge in [0.1, 0.15) is 5.88 Å². The largest absolute Gasteiger partial charge is 0.392 e. The molecule has 5 heteroatoms. The number of halogens is 2. The first-order chi connectivity index (χ1) is 6.60. The standard InChI is InChI=1S/C9H14Cl2O3/c1-2-3-4-7(11)5-8(12)14-9(13)6-10/h7H,2-6H2,1H3. The van der Waals surface area contributed by atoms with Crippen LogP contribution in [0.5, 0.6) is 0 Å². The summed E-state index contributed by atoms with van der Waals surface area (Å²) >= 11 is 11.0. The zero-order valence-electron chi connectivity index (χ0n) is 8.09. The van der Waals surface area contributed by atoms with Gasteiger partial charge in [-0.3, -0.25) is 9.59 Å². The van der Waals surface area contributed by atoms with Crippen LogP contribution in [0.2, 0.25) is 0 Å². The predicted octanol–water partition coefficient (Wildman–Crippen LogP) is 2.48. The Morgan fingerprint density at radius 3 is 2.50 bits per heavy atom. The quantitative estimate of drug-likeness (QED) is 0.407. The molecule has 0 radical (unpaired) electrons. The summed E-state index contributed by atoms with van der Waals surface area (Å²) in [6.45, 7) is 2.04. The molecule has 0 fully saturated rings. The summed E-state index contributed by atoms with van der Waals surface area (Å²) in [6, 6.07) is 0. The molecule has 0 aliphatic rings. The third-order valence-electron chi connectivity index (χ3n) is 1.60. The number of hydrogen-bond acceptors (Lipinski definition) is 3. The number of hydrogen-bond donors (Lipinski definition) is 0. The highest BCUT2D eigenvalue weighted by atomic mass is 35.5. The second-order valence-electron chi connectivity index (χ2n) is 2.92. The highest BCUT2D eigenvalue weighted by Crippen LogP contribution is 2.12. The van der Waals surface area contributed by atoms with Crippen LogP contribution in [0.25, 0.3) is 0 Å². The Hall–Kier alpha value is -0.280. The lowest BCUT2D eigenvalue weighted by molar-refractivity contribution is -0.157. The fourth-order valence-corrected chi connectivity index (χ4v) is 1.24. The molecule has 0 bridgehead atoms. The smallest absolute Gasteiger partial charge is 0.328 e. The molecule has 0 N–H and O–H groups in total. The first-order valence-electron chi connectivity index (χ1n) is 4.53. The van der Waals surface area contributed by atoms with Crippen molar-refractivity contribution < 1.29 is 14.3 Å². The third-order valence-corrected chi connectivity index (χ3v) is 2.19. The maximum Gasteiger partial charge on any atom is 0.328 e. The average Bonchev–Trinajstić information content (AvgIpc) is 2.14. The van der Waals surface area contributed by atoms with Crippen LogP contribution in [0.15, 0.2) is 0 Å². The van der Waals surface area contributed by atoms with Crippen molar-refractivity contribution in [1.29, 1.82) is 0 Å². The Morgan fingerprint density at radius 2 is 2.00 bits per heavy atom. The molecule has 0 aliphatic heterocycles. The van der Waals surface area contributed by atoms with E-state index in [1.54, 1.807) is 0 Å². The minimum absolute atomic E-state index is 0.0597. The Kier molecular flexibility index (Phi) is 7.90. The normalized spacial score (nSPS) is 12.2. The molecule has 0 rings (SSSR count). The van der Waals surface area contributed by atoms with E-state index >= 15 is 0 Å². The lowest BCUT2D eigenvalue weighted by Crippen LogP contribution is -2.16. The van der Waals surface area contributed by atoms with Crippen LogP contribution in [-0.2, 0) is 14.3 Å². The van der Waals surface area contributed by atoms with Gasteiger partial charge in [-0.2, -0.15) is 0 Å². The first-order valence-corrected chi connectivity index (χ1v) is 5.50. The summed E-state index contributed by atoms with van der Waals surface area (Å²) in [6.07, 6.45) is 2.80. The predicted molar refractivity (Wildman–Crippen MR) is 55.6 cm³/mol. The summed E-state index contributed by atoms with van der Waals surface area (Å²) in [4.78, 5) is 21.6. The zero-order valence-corrected chi connectivity index (χ0v) is 9.61. The van der Waals surface area contributed by atoms with Crippen molar-refractivity contribution in [3.63, 3.8) is 0 Å². The van der Waals surface area contributed by atoms with Crippen LogP contribution < -0.4 is 0 Å². The summed E-state index contributed by atoms with van der Waals surface area (Å²) in [7, 11) is 0. The number of unbranched alkanes of at least 4 members (excludes halogenated alkanes) is 1. The summed E-state index contributed by atoms with van der Waals surface area (Å²) in [5.41, 5.74) is 0. The van der Waals surface area contributed by atoms with Crippen LogP contribution in [0.1, 0.15) is 32.6 Å². The zero-order chi connectivity index (χ0) is 11.0. The topological polar surface area (TPSA) is 43.4 Å². The number of ether oxygens (including phenoxy) is 1. The van der Waals surface area contributed by atoms with Crippen molar-refractivity contribution in [2.75, 3.05) is 5.88 Å². The van der Waals surface area contributed by atoms with Crippen LogP contribution >= 0.6 is 23.2 Å². The summed E-state index contributed by atoms with van der Waals surface area (Å²) < 4.78 is 4.36. The Bertz CT molecular complexity index is 194. The van der Waals surface area contributed by atoms with Gasteiger partial charge in [-0.25, -0.2) is 0 Å². The molecule has 0 aromatic heterocycles. The van der Waals surface area contributed by atoms with Crippen LogP contribution in [0, 0.1) is 0 Å². The van der Waals surface area contributed by atoms with Gasteiger partial charge in [0.05, 0.1) is 6.42 Å². The van der Waals surface area contributed by atoms with Crippen LogP contribution in [0.4, 0.5) is 0 Å². The number of alkyl halides is 2. The fraction of sp³-hybridized carbons (Fsp3) is 0.778. The molecule has 14 heavy (non-hydrogen) atoms. The van der Waals surface area contributed by atoms with E-state index in [1.807, 2.05) is 6.92 Å². The summed E-state index contributed by atoms with van der Waals surface area (Å²) in [5.74, 6) is -1.64. The monoisotopic (exact) mass is 240 g/mol. The van der Waals surface area contributed by atoms with Crippen molar-refractivity contribution in [1.82, 2.24) is 0 Å². The number of esters is 2. The van der Waals surface area contributed by atoms with Gasteiger partial charge in [-0.05, 0) is 6.42 Å². The van der Waals surface area contributed by atoms with E-state index in [9.17, 15) is 9.59 Å². The average molecular weight is 241 g/mol. The number of carbonyl (C=O) groups excluding carboxylic acids is 2. The van der Waals surface area contributed by atoms with Crippen molar-refractivity contribution in [2.45, 2.75) is 38.0 Å². The first kappa shape index (κ1) is 13.7. The van der Waals surface area contributed by atoms with Gasteiger partial charge in [0.25, 0.3) is 0 Å². The van der Waals surface area contributed by atoms with Crippen molar-refractivity contribution in [3.05, 3.63) is 0 Å². The molecule has 3 nitrogen and oxygen atoms in total. The molecule has 0 amide bonds. The van der Waals surface area contributed by atoms with E-state index in [2.05, 4.69) is 4.74 Å². The lowest BCUT2D eigenvalue weighted by atomic mass is 10.1. The molecule has 0 heterocycles. The number of rotatable bonds is 6. The Labute approximate surface area is 93.7 Å². The molecule has 0 saturated heterocycles. The van der Waals surface area contributed by atoms with E-state index in [4.69, 9.17) is 23.2 Å². The van der Waals surface area contributed by atoms with Crippen LogP contribution in [-0.4, -0.2) is 23.2 Å². The van der Waals surface area contributed by atoms with E-state index in [0.717, 1.165) is 19.3 Å². The van der Waals surface area contributed by atoms with Gasteiger partial charge >= 0.3 is 11.9 Å². The van der Waals surface area contributed by atoms with Crippen molar-refractivity contribution in [3.8, 4) is 0 Å². The molecule has 0 aromatic rings. The summed E-state index contributed by atoms with van der Waals surface area (Å²) in [5, 5.41) is -0.259. The molecule has 0 saturated carbocycles. The second kappa shape index (κ2) is 8.06. The SMILES string of the molecule is CCCCC(Cl)CC(=O)OC(=O)CCl. The molecule has 82 valence electrons. The van der Waals surface area contributed by atoms with E-state index < -0.39 is 11.9 Å². The van der Waals surface area contributed by atoms with Crippen molar-refractivity contribution in [2.24, 2.45) is 0 Å². The molecule has 1 atom stereocenters. The van der Waals surface area contributed by atoms with Gasteiger partial charge in [0.15, 0.2) is 0 Å². The fourth-order valence-electron chi connectivity index (χ4n) is 0.904. The van der Waals surface area contributed by atoms with Gasteiger partial charge in [0.2, 0.25) is 0 Å². The molecular weight excluding hydrogens is 227 g/mol. The second-order valence-corrected chi connectivity index (χ2v) is 3.81. The Morgan fingerprint density at radius 1 is 1.36 bits per heavy atom. The molecule has 0 spiro atoms. The molecule has 0 aliphatic carbocycles. The highest BCUT2D eigenvalue weighted by molar-refractivity contribution is 6.27. The molecule has 0 aromatic carbocycles. The molecule has 1 unspecified atom stereocenters. The van der Waals surface area contributed by atoms with Crippen molar-refractivity contribution >= 4 is 35.1 Å². The van der Waals surface area contributed by atoms with Gasteiger partial charge in [-0.15, -0.1) is 23.2 Å². The third kappa shape index (κ3) is 7.15. The highest BCUT2D eigenvalue weighted by Gasteiger charge is 2.14. The lowest BCUT2D eigenvalue weighted by Gasteiger charge is -2.06. The van der Waals surface area contributed by atoms with E-state index in [0.29, 0.717) is 0 Å². The van der Waals surface area contributed by atoms with Crippen LogP contribution in [0.3, 0.4) is 0 Å². The number of carbonyl (C=O) groups is 2. The van der Waals surface area contributed by atoms with Gasteiger partial charge < -0.3 is 4.74 Å². The van der Waals surface area contributed by atoms with Gasteiger partial charge in [0, 0.05) is 5.38 Å². The van der Waals surface area contributed by atoms with Gasteiger partial charge in [-0.1, -0.05) is 19.8 Å². The van der Waals surface area contributed by atoms with E-state index in [-0.39, 0.29) is 17.7 Å². The minimum atomic E-state index is -0.726.